The van der Waals surface area contributed by atoms with Crippen LogP contribution in [-0.2, 0) is 20.7 Å². The molecule has 210 valence electrons. The number of aryl methyl sites for hydroxylation is 4. The van der Waals surface area contributed by atoms with Gasteiger partial charge in [-0.1, -0.05) is 42.3 Å². The molecular formula is C30H43ClN2O5. The van der Waals surface area contributed by atoms with Crippen LogP contribution in [0.5, 0.6) is 0 Å². The summed E-state index contributed by atoms with van der Waals surface area (Å²) in [5, 5.41) is 23.4. The van der Waals surface area contributed by atoms with Crippen molar-refractivity contribution in [1.29, 1.82) is 0 Å². The van der Waals surface area contributed by atoms with Gasteiger partial charge >= 0.3 is 5.97 Å². The van der Waals surface area contributed by atoms with Gasteiger partial charge in [0.15, 0.2) is 12.2 Å². The number of aliphatic carboxylic acids is 1. The average molecular weight is 547 g/mol. The predicted octanol–water partition coefficient (Wildman–Crippen LogP) is 5.55. The molecule has 0 aliphatic rings. The quantitative estimate of drug-likeness (QED) is 0.225. The van der Waals surface area contributed by atoms with Crippen LogP contribution in [0.4, 0.5) is 5.69 Å². The molecule has 0 radical (unpaired) electrons. The molecule has 0 fully saturated rings. The fraction of sp³-hybridized carbons (Fsp3) is 0.533. The zero-order chi connectivity index (χ0) is 28.1. The second kappa shape index (κ2) is 16.4. The van der Waals surface area contributed by atoms with Gasteiger partial charge in [0, 0.05) is 37.5 Å². The summed E-state index contributed by atoms with van der Waals surface area (Å²) in [6.07, 6.45) is 2.74. The fourth-order valence-electron chi connectivity index (χ4n) is 4.12. The first-order chi connectivity index (χ1) is 18.1. The lowest BCUT2D eigenvalue weighted by molar-refractivity contribution is -0.166. The number of unbranched alkanes of at least 4 members (excludes halogenated alkanes) is 4. The lowest BCUT2D eigenvalue weighted by Gasteiger charge is -2.25. The molecule has 7 nitrogen and oxygen atoms in total. The van der Waals surface area contributed by atoms with Gasteiger partial charge in [-0.2, -0.15) is 0 Å². The number of likely N-dealkylation sites (N-methyl/N-ethyl adjacent to an activating group) is 1. The Morgan fingerprint density at radius 2 is 1.66 bits per heavy atom. The van der Waals surface area contributed by atoms with Crippen molar-refractivity contribution >= 4 is 29.2 Å². The fourth-order valence-corrected chi connectivity index (χ4v) is 4.30. The topological polar surface area (TPSA) is 99.1 Å². The molecule has 2 aromatic rings. The van der Waals surface area contributed by atoms with Crippen LogP contribution in [-0.4, -0.2) is 65.9 Å². The van der Waals surface area contributed by atoms with E-state index in [9.17, 15) is 19.8 Å². The van der Waals surface area contributed by atoms with Gasteiger partial charge in [0.1, 0.15) is 0 Å². The van der Waals surface area contributed by atoms with Crippen LogP contribution in [0.25, 0.3) is 0 Å². The summed E-state index contributed by atoms with van der Waals surface area (Å²) < 4.78 is 5.60. The van der Waals surface area contributed by atoms with Gasteiger partial charge in [0.2, 0.25) is 0 Å². The summed E-state index contributed by atoms with van der Waals surface area (Å²) in [7, 11) is 1.61. The maximum Gasteiger partial charge on any atom is 0.335 e. The van der Waals surface area contributed by atoms with Crippen molar-refractivity contribution in [3.05, 3.63) is 63.7 Å². The number of hydrogen-bond donors (Lipinski definition) is 3. The van der Waals surface area contributed by atoms with E-state index in [0.29, 0.717) is 13.0 Å². The summed E-state index contributed by atoms with van der Waals surface area (Å²) in [5.41, 5.74) is 5.86. The molecule has 2 rings (SSSR count). The molecule has 1 amide bonds. The zero-order valence-electron chi connectivity index (χ0n) is 23.1. The number of carbonyl (C=O) groups is 2. The molecule has 2 atom stereocenters. The molecule has 3 N–H and O–H groups in total. The lowest BCUT2D eigenvalue weighted by Crippen LogP contribution is -2.48. The number of aliphatic hydroxyl groups is 1. The average Bonchev–Trinajstić information content (AvgIpc) is 2.88. The van der Waals surface area contributed by atoms with Gasteiger partial charge in [-0.05, 0) is 93.7 Å². The van der Waals surface area contributed by atoms with E-state index in [-0.39, 0.29) is 6.61 Å². The minimum absolute atomic E-state index is 0.218. The smallest absolute Gasteiger partial charge is 0.335 e. The maximum atomic E-state index is 12.9. The Labute approximate surface area is 232 Å². The first-order valence-electron chi connectivity index (χ1n) is 13.4. The number of nitrogens with one attached hydrogen (secondary N) is 1. The van der Waals surface area contributed by atoms with Crippen molar-refractivity contribution in [3.8, 4) is 0 Å². The monoisotopic (exact) mass is 546 g/mol. The van der Waals surface area contributed by atoms with Crippen molar-refractivity contribution in [3.63, 3.8) is 0 Å². The number of amides is 1. The van der Waals surface area contributed by atoms with Gasteiger partial charge in [0.25, 0.3) is 5.91 Å². The van der Waals surface area contributed by atoms with Crippen molar-refractivity contribution in [1.82, 2.24) is 4.90 Å². The molecule has 0 aromatic heterocycles. The van der Waals surface area contributed by atoms with Gasteiger partial charge in [0.05, 0.1) is 0 Å². The molecule has 8 heteroatoms. The molecule has 0 spiro atoms. The van der Waals surface area contributed by atoms with E-state index < -0.39 is 24.1 Å². The van der Waals surface area contributed by atoms with Crippen LogP contribution in [0.2, 0.25) is 5.02 Å². The van der Waals surface area contributed by atoms with Crippen LogP contribution < -0.4 is 5.32 Å². The van der Waals surface area contributed by atoms with E-state index in [2.05, 4.69) is 37.4 Å². The van der Waals surface area contributed by atoms with Crippen LogP contribution in [0.15, 0.2) is 36.4 Å². The first kappa shape index (κ1) is 31.6. The number of carboxylic acids is 1. The molecular weight excluding hydrogens is 504 g/mol. The number of carboxylic acid groups (broad SMARTS) is 1. The molecule has 0 aliphatic heterocycles. The number of carbonyl (C=O) groups excluding carboxylic acids is 1. The van der Waals surface area contributed by atoms with E-state index in [1.807, 2.05) is 25.1 Å². The summed E-state index contributed by atoms with van der Waals surface area (Å²) in [5.74, 6) is -1.98. The number of rotatable bonds is 17. The van der Waals surface area contributed by atoms with Crippen LogP contribution >= 0.6 is 11.6 Å². The molecule has 0 saturated carbocycles. The summed E-state index contributed by atoms with van der Waals surface area (Å²) in [6.45, 7) is 7.62. The van der Waals surface area contributed by atoms with E-state index in [1.165, 1.54) is 21.6 Å². The molecule has 38 heavy (non-hydrogen) atoms. The minimum Gasteiger partial charge on any atom is -0.479 e. The van der Waals surface area contributed by atoms with Gasteiger partial charge in [-0.3, -0.25) is 4.79 Å². The molecule has 0 aliphatic carbocycles. The third kappa shape index (κ3) is 10.6. The molecule has 0 bridgehead atoms. The summed E-state index contributed by atoms with van der Waals surface area (Å²) >= 11 is 6.15. The van der Waals surface area contributed by atoms with Crippen molar-refractivity contribution in [2.24, 2.45) is 0 Å². The van der Waals surface area contributed by atoms with E-state index in [4.69, 9.17) is 16.3 Å². The molecule has 0 unspecified atom stereocenters. The van der Waals surface area contributed by atoms with Crippen molar-refractivity contribution < 1.29 is 24.5 Å². The highest BCUT2D eigenvalue weighted by Crippen LogP contribution is 2.20. The van der Waals surface area contributed by atoms with E-state index in [1.54, 1.807) is 7.05 Å². The van der Waals surface area contributed by atoms with Crippen molar-refractivity contribution in [2.45, 2.75) is 77.9 Å². The Morgan fingerprint density at radius 3 is 2.34 bits per heavy atom. The number of benzene rings is 2. The summed E-state index contributed by atoms with van der Waals surface area (Å²) in [6, 6.07) is 12.3. The number of hydrogen-bond acceptors (Lipinski definition) is 5. The van der Waals surface area contributed by atoms with E-state index >= 15 is 0 Å². The van der Waals surface area contributed by atoms with Gasteiger partial charge in [-0.15, -0.1) is 0 Å². The highest BCUT2D eigenvalue weighted by molar-refractivity contribution is 6.31. The third-order valence-electron chi connectivity index (χ3n) is 6.81. The van der Waals surface area contributed by atoms with E-state index in [0.717, 1.165) is 61.3 Å². The number of ether oxygens (including phenoxy) is 1. The normalized spacial score (nSPS) is 12.7. The van der Waals surface area contributed by atoms with Crippen LogP contribution in [0, 0.1) is 20.8 Å². The number of nitrogens with zero attached hydrogens (tertiary/aromatic N) is 1. The zero-order valence-corrected chi connectivity index (χ0v) is 23.9. The molecule has 0 saturated heterocycles. The second-order valence-corrected chi connectivity index (χ2v) is 10.4. The van der Waals surface area contributed by atoms with Crippen LogP contribution in [0.1, 0.15) is 60.8 Å². The lowest BCUT2D eigenvalue weighted by atomic mass is 10.0. The number of aliphatic hydroxyl groups excluding tert-OH is 1. The van der Waals surface area contributed by atoms with Gasteiger partial charge in [-0.25, -0.2) is 4.79 Å². The Balaban J connectivity index is 1.69. The minimum atomic E-state index is -1.90. The number of halogens is 1. The highest BCUT2D eigenvalue weighted by Gasteiger charge is 2.34. The number of anilines is 1. The molecule has 2 aromatic carbocycles. The van der Waals surface area contributed by atoms with Gasteiger partial charge < -0.3 is 25.2 Å². The predicted molar refractivity (Wildman–Crippen MR) is 153 cm³/mol. The Kier molecular flexibility index (Phi) is 13.6. The molecule has 0 heterocycles. The Morgan fingerprint density at radius 1 is 0.947 bits per heavy atom. The highest BCUT2D eigenvalue weighted by atomic mass is 35.5. The maximum absolute atomic E-state index is 12.9. The SMILES string of the molecule is Cc1ccc(CCCCCO[C@@H](C(=O)N(C)CCCCCNc2ccc(C)c(Cl)c2)[C@@H](O)C(=O)O)cc1C. The largest absolute Gasteiger partial charge is 0.479 e. The standard InChI is InChI=1S/C30H43ClN2O5/c1-21-12-14-24(19-23(21)3)11-7-5-10-18-38-28(27(34)30(36)37)29(35)33(4)17-9-6-8-16-32-25-15-13-22(2)26(31)20-25/h12-15,19-20,27-28,32,34H,5-11,16-18H2,1-4H3,(H,36,37)/t27-,28-/m1/s1. The second-order valence-electron chi connectivity index (χ2n) is 10.0. The first-order valence-corrected chi connectivity index (χ1v) is 13.8. The van der Waals surface area contributed by atoms with Crippen LogP contribution in [0.3, 0.4) is 0 Å². The third-order valence-corrected chi connectivity index (χ3v) is 7.22. The Bertz CT molecular complexity index is 1050. The summed E-state index contributed by atoms with van der Waals surface area (Å²) in [4.78, 5) is 25.7. The Hall–Kier alpha value is -2.61. The van der Waals surface area contributed by atoms with Crippen molar-refractivity contribution in [2.75, 3.05) is 32.1 Å².